The molecule has 0 aliphatic carbocycles. The number of pyridine rings is 1. The lowest BCUT2D eigenvalue weighted by molar-refractivity contribution is -0.128. The molecule has 0 spiro atoms. The molecular formula is C17H13ClN4O2. The Morgan fingerprint density at radius 1 is 1.25 bits per heavy atom. The molecule has 3 heterocycles. The average molecular weight is 341 g/mol. The van der Waals surface area contributed by atoms with Gasteiger partial charge >= 0.3 is 0 Å². The predicted molar refractivity (Wildman–Crippen MR) is 90.0 cm³/mol. The summed E-state index contributed by atoms with van der Waals surface area (Å²) in [6.07, 6.45) is 3.46. The van der Waals surface area contributed by atoms with Gasteiger partial charge in [-0.3, -0.25) is 14.6 Å². The Hall–Kier alpha value is -2.73. The lowest BCUT2D eigenvalue weighted by Crippen LogP contribution is -2.34. The Balaban J connectivity index is 1.75. The summed E-state index contributed by atoms with van der Waals surface area (Å²) in [5.74, 6) is -0.961. The number of halogens is 1. The number of aromatic nitrogens is 3. The molecule has 24 heavy (non-hydrogen) atoms. The van der Waals surface area contributed by atoms with E-state index in [9.17, 15) is 9.59 Å². The number of aryl methyl sites for hydroxylation is 1. The quantitative estimate of drug-likeness (QED) is 0.728. The number of hydrogen-bond acceptors (Lipinski definition) is 4. The third-order valence-electron chi connectivity index (χ3n) is 4.11. The number of fused-ring (bicyclic) bond motifs is 3. The van der Waals surface area contributed by atoms with Crippen LogP contribution in [0.4, 0.5) is 5.69 Å². The van der Waals surface area contributed by atoms with Crippen LogP contribution in [0.15, 0.2) is 42.7 Å². The molecule has 2 aromatic heterocycles. The van der Waals surface area contributed by atoms with E-state index in [1.165, 1.54) is 0 Å². The molecule has 1 N–H and O–H groups in total. The summed E-state index contributed by atoms with van der Waals surface area (Å²) in [4.78, 5) is 33.4. The van der Waals surface area contributed by atoms with Crippen molar-refractivity contribution >= 4 is 40.0 Å². The fourth-order valence-electron chi connectivity index (χ4n) is 3.00. The highest BCUT2D eigenvalue weighted by molar-refractivity contribution is 6.31. The van der Waals surface area contributed by atoms with Crippen molar-refractivity contribution in [2.45, 2.75) is 18.9 Å². The second kappa shape index (κ2) is 5.72. The molecule has 1 unspecified atom stereocenters. The van der Waals surface area contributed by atoms with Crippen molar-refractivity contribution in [3.63, 3.8) is 0 Å². The maximum atomic E-state index is 12.7. The third-order valence-corrected chi connectivity index (χ3v) is 4.35. The molecule has 1 atom stereocenters. The maximum absolute atomic E-state index is 12.7. The Bertz CT molecular complexity index is 952. The molecule has 0 saturated carbocycles. The van der Waals surface area contributed by atoms with Gasteiger partial charge in [0, 0.05) is 36.1 Å². The first-order valence-corrected chi connectivity index (χ1v) is 7.90. The van der Waals surface area contributed by atoms with Crippen LogP contribution in [0, 0.1) is 0 Å². The first kappa shape index (κ1) is 14.8. The van der Waals surface area contributed by atoms with Gasteiger partial charge in [-0.25, -0.2) is 4.98 Å². The number of nitrogens with one attached hydrogen (secondary N) is 1. The van der Waals surface area contributed by atoms with Crippen LogP contribution in [0.1, 0.15) is 18.2 Å². The molecule has 7 heteroatoms. The fraction of sp³-hybridized carbons (Fsp3) is 0.176. The van der Waals surface area contributed by atoms with Gasteiger partial charge in [-0.1, -0.05) is 11.6 Å². The number of ketones is 1. The van der Waals surface area contributed by atoms with Crippen LogP contribution in [-0.4, -0.2) is 26.2 Å². The zero-order valence-electron chi connectivity index (χ0n) is 12.6. The minimum absolute atomic E-state index is 0.129. The number of imidazole rings is 1. The highest BCUT2D eigenvalue weighted by Gasteiger charge is 2.36. The van der Waals surface area contributed by atoms with E-state index >= 15 is 0 Å². The van der Waals surface area contributed by atoms with Crippen molar-refractivity contribution in [3.8, 4) is 0 Å². The largest absolute Gasteiger partial charge is 0.326 e. The lowest BCUT2D eigenvalue weighted by atomic mass is 9.96. The predicted octanol–water partition coefficient (Wildman–Crippen LogP) is 2.78. The van der Waals surface area contributed by atoms with E-state index in [0.29, 0.717) is 35.0 Å². The molecule has 0 fully saturated rings. The van der Waals surface area contributed by atoms with Crippen molar-refractivity contribution in [2.75, 3.05) is 5.32 Å². The van der Waals surface area contributed by atoms with Gasteiger partial charge in [0.2, 0.25) is 5.91 Å². The Labute approximate surface area is 142 Å². The van der Waals surface area contributed by atoms with Gasteiger partial charge in [0.1, 0.15) is 5.82 Å². The number of carbonyl (C=O) groups excluding carboxylic acids is 2. The van der Waals surface area contributed by atoms with E-state index in [0.717, 1.165) is 5.52 Å². The number of hydrogen-bond donors (Lipinski definition) is 1. The lowest BCUT2D eigenvalue weighted by Gasteiger charge is -2.22. The van der Waals surface area contributed by atoms with Crippen LogP contribution >= 0.6 is 11.6 Å². The van der Waals surface area contributed by atoms with Gasteiger partial charge < -0.3 is 9.88 Å². The average Bonchev–Trinajstić information content (AvgIpc) is 2.92. The van der Waals surface area contributed by atoms with E-state index in [2.05, 4.69) is 15.3 Å². The van der Waals surface area contributed by atoms with Gasteiger partial charge in [0.15, 0.2) is 11.7 Å². The van der Waals surface area contributed by atoms with Gasteiger partial charge in [-0.15, -0.1) is 0 Å². The van der Waals surface area contributed by atoms with Crippen molar-refractivity contribution in [2.24, 2.45) is 0 Å². The molecule has 6 nitrogen and oxygen atoms in total. The normalized spacial score (nSPS) is 16.9. The van der Waals surface area contributed by atoms with Crippen molar-refractivity contribution in [3.05, 3.63) is 53.6 Å². The first-order valence-electron chi connectivity index (χ1n) is 7.53. The molecule has 1 aliphatic rings. The van der Waals surface area contributed by atoms with Crippen molar-refractivity contribution in [1.29, 1.82) is 0 Å². The third kappa shape index (κ3) is 2.45. The molecule has 3 aromatic rings. The number of Topliss-reactive ketones (excluding diaryl/α,β-unsaturated/α-hetero) is 1. The second-order valence-electron chi connectivity index (χ2n) is 5.63. The van der Waals surface area contributed by atoms with Crippen LogP contribution in [0.2, 0.25) is 5.02 Å². The number of rotatable bonds is 2. The summed E-state index contributed by atoms with van der Waals surface area (Å²) in [7, 11) is 0. The summed E-state index contributed by atoms with van der Waals surface area (Å²) in [6.45, 7) is 0.519. The van der Waals surface area contributed by atoms with Crippen molar-refractivity contribution in [1.82, 2.24) is 14.5 Å². The standard InChI is InChI=1S/C17H13ClN4O2/c18-10-1-2-13-12(9-10)21-16-15(14(23)5-8-22(13)16)17(24)20-11-3-6-19-7-4-11/h1-4,6-7,9,15H,5,8H2,(H,19,20,24). The van der Waals surface area contributed by atoms with Crippen LogP contribution < -0.4 is 5.32 Å². The van der Waals surface area contributed by atoms with E-state index < -0.39 is 5.92 Å². The molecule has 0 bridgehead atoms. The second-order valence-corrected chi connectivity index (χ2v) is 6.07. The highest BCUT2D eigenvalue weighted by atomic mass is 35.5. The van der Waals surface area contributed by atoms with Gasteiger partial charge in [-0.2, -0.15) is 0 Å². The molecule has 0 radical (unpaired) electrons. The van der Waals surface area contributed by atoms with E-state index in [-0.39, 0.29) is 11.7 Å². The summed E-state index contributed by atoms with van der Waals surface area (Å²) >= 11 is 6.02. The summed E-state index contributed by atoms with van der Waals surface area (Å²) in [6, 6.07) is 8.73. The Kier molecular flexibility index (Phi) is 3.54. The molecule has 4 rings (SSSR count). The molecule has 1 amide bonds. The van der Waals surface area contributed by atoms with Gasteiger partial charge in [0.25, 0.3) is 0 Å². The number of benzene rings is 1. The van der Waals surface area contributed by atoms with Gasteiger partial charge in [0.05, 0.1) is 11.0 Å². The minimum Gasteiger partial charge on any atom is -0.326 e. The van der Waals surface area contributed by atoms with Crippen LogP contribution in [-0.2, 0) is 16.1 Å². The SMILES string of the molecule is O=C1CCn2c(nc3cc(Cl)ccc32)C1C(=O)Nc1ccncc1. The molecule has 0 saturated heterocycles. The van der Waals surface area contributed by atoms with E-state index in [1.54, 1.807) is 36.7 Å². The topological polar surface area (TPSA) is 76.9 Å². The van der Waals surface area contributed by atoms with E-state index in [4.69, 9.17) is 11.6 Å². The first-order chi connectivity index (χ1) is 11.6. The number of amides is 1. The summed E-state index contributed by atoms with van der Waals surface area (Å²) in [5.41, 5.74) is 2.16. The van der Waals surface area contributed by atoms with Crippen LogP contribution in [0.5, 0.6) is 0 Å². The molecule has 120 valence electrons. The number of carbonyl (C=O) groups is 2. The molecule has 1 aliphatic heterocycles. The number of anilines is 1. The highest BCUT2D eigenvalue weighted by Crippen LogP contribution is 2.30. The van der Waals surface area contributed by atoms with E-state index in [1.807, 2.05) is 10.6 Å². The molecule has 1 aromatic carbocycles. The van der Waals surface area contributed by atoms with Crippen LogP contribution in [0.3, 0.4) is 0 Å². The maximum Gasteiger partial charge on any atom is 0.242 e. The summed E-state index contributed by atoms with van der Waals surface area (Å²) < 4.78 is 1.92. The Morgan fingerprint density at radius 3 is 2.83 bits per heavy atom. The van der Waals surface area contributed by atoms with Crippen LogP contribution in [0.25, 0.3) is 11.0 Å². The fourth-order valence-corrected chi connectivity index (χ4v) is 3.17. The number of nitrogens with zero attached hydrogens (tertiary/aromatic N) is 3. The van der Waals surface area contributed by atoms with Gasteiger partial charge in [-0.05, 0) is 30.3 Å². The monoisotopic (exact) mass is 340 g/mol. The zero-order chi connectivity index (χ0) is 16.7. The smallest absolute Gasteiger partial charge is 0.242 e. The minimum atomic E-state index is -0.918. The van der Waals surface area contributed by atoms with Crippen molar-refractivity contribution < 1.29 is 9.59 Å². The zero-order valence-corrected chi connectivity index (χ0v) is 13.3. The Morgan fingerprint density at radius 2 is 2.04 bits per heavy atom. The molecular weight excluding hydrogens is 328 g/mol. The summed E-state index contributed by atoms with van der Waals surface area (Å²) in [5, 5.41) is 3.33.